The summed E-state index contributed by atoms with van der Waals surface area (Å²) in [5, 5.41) is 2.63. The first-order valence-electron chi connectivity index (χ1n) is 6.02. The van der Waals surface area contributed by atoms with Gasteiger partial charge < -0.3 is 14.5 Å². The number of aryl methyl sites for hydroxylation is 2. The van der Waals surface area contributed by atoms with E-state index in [1.165, 1.54) is 0 Å². The highest BCUT2D eigenvalue weighted by atomic mass is 16.5. The van der Waals surface area contributed by atoms with Gasteiger partial charge in [0.25, 0.3) is 0 Å². The quantitative estimate of drug-likeness (QED) is 0.918. The number of amides is 1. The molecule has 19 heavy (non-hydrogen) atoms. The van der Waals surface area contributed by atoms with Crippen LogP contribution in [0.1, 0.15) is 22.9 Å². The number of aromatic nitrogens is 1. The third-order valence-electron chi connectivity index (χ3n) is 2.61. The normalized spacial score (nSPS) is 10.2. The summed E-state index contributed by atoms with van der Waals surface area (Å²) < 4.78 is 10.4. The molecule has 0 atom stereocenters. The van der Waals surface area contributed by atoms with Crippen LogP contribution in [-0.2, 0) is 17.9 Å². The first-order chi connectivity index (χ1) is 9.15. The Morgan fingerprint density at radius 1 is 1.32 bits per heavy atom. The van der Waals surface area contributed by atoms with Crippen molar-refractivity contribution in [2.24, 2.45) is 0 Å². The van der Waals surface area contributed by atoms with Crippen LogP contribution >= 0.6 is 0 Å². The lowest BCUT2D eigenvalue weighted by molar-refractivity contribution is 0.138. The molecule has 1 N–H and O–H groups in total. The van der Waals surface area contributed by atoms with Gasteiger partial charge in [-0.1, -0.05) is 30.3 Å². The molecule has 2 rings (SSSR count). The molecule has 100 valence electrons. The SMILES string of the molecule is Cc1nc(C)c(CNC(=O)OCc2ccccc2)o1. The molecule has 0 fully saturated rings. The van der Waals surface area contributed by atoms with E-state index in [-0.39, 0.29) is 13.2 Å². The number of nitrogens with one attached hydrogen (secondary N) is 1. The van der Waals surface area contributed by atoms with Crippen molar-refractivity contribution in [1.82, 2.24) is 10.3 Å². The molecule has 1 heterocycles. The Bertz CT molecular complexity index is 549. The van der Waals surface area contributed by atoms with E-state index in [1.807, 2.05) is 37.3 Å². The molecule has 0 saturated heterocycles. The molecule has 5 nitrogen and oxygen atoms in total. The summed E-state index contributed by atoms with van der Waals surface area (Å²) in [7, 11) is 0. The van der Waals surface area contributed by atoms with Crippen LogP contribution in [-0.4, -0.2) is 11.1 Å². The first-order valence-corrected chi connectivity index (χ1v) is 6.02. The smallest absolute Gasteiger partial charge is 0.407 e. The summed E-state index contributed by atoms with van der Waals surface area (Å²) in [6.45, 7) is 4.13. The van der Waals surface area contributed by atoms with Gasteiger partial charge >= 0.3 is 6.09 Å². The van der Waals surface area contributed by atoms with Crippen LogP contribution in [0.25, 0.3) is 0 Å². The van der Waals surface area contributed by atoms with Gasteiger partial charge in [0.1, 0.15) is 12.4 Å². The highest BCUT2D eigenvalue weighted by molar-refractivity contribution is 5.67. The Hall–Kier alpha value is -2.30. The molecule has 0 aliphatic carbocycles. The predicted octanol–water partition coefficient (Wildman–Crippen LogP) is 2.72. The van der Waals surface area contributed by atoms with Crippen LogP contribution in [0.3, 0.4) is 0 Å². The first kappa shape index (κ1) is 13.1. The van der Waals surface area contributed by atoms with Crippen molar-refractivity contribution in [3.05, 3.63) is 53.2 Å². The fourth-order valence-corrected chi connectivity index (χ4v) is 1.66. The molecule has 0 bridgehead atoms. The number of oxazole rings is 1. The van der Waals surface area contributed by atoms with Crippen molar-refractivity contribution in [1.29, 1.82) is 0 Å². The van der Waals surface area contributed by atoms with Crippen LogP contribution in [0.4, 0.5) is 4.79 Å². The van der Waals surface area contributed by atoms with Crippen molar-refractivity contribution in [2.75, 3.05) is 0 Å². The summed E-state index contributed by atoms with van der Waals surface area (Å²) in [5.41, 5.74) is 1.73. The Morgan fingerprint density at radius 2 is 2.05 bits per heavy atom. The molecule has 2 aromatic rings. The zero-order valence-electron chi connectivity index (χ0n) is 11.0. The molecule has 0 aliphatic rings. The van der Waals surface area contributed by atoms with Gasteiger partial charge in [-0.3, -0.25) is 0 Å². The van der Waals surface area contributed by atoms with Gasteiger partial charge in [-0.2, -0.15) is 0 Å². The summed E-state index contributed by atoms with van der Waals surface area (Å²) >= 11 is 0. The molecule has 1 amide bonds. The van der Waals surface area contributed by atoms with E-state index in [9.17, 15) is 4.79 Å². The standard InChI is InChI=1S/C14H16N2O3/c1-10-13(19-11(2)16-10)8-15-14(17)18-9-12-6-4-3-5-7-12/h3-7H,8-9H2,1-2H3,(H,15,17). The molecule has 0 aliphatic heterocycles. The zero-order chi connectivity index (χ0) is 13.7. The topological polar surface area (TPSA) is 64.4 Å². The fourth-order valence-electron chi connectivity index (χ4n) is 1.66. The Labute approximate surface area is 111 Å². The number of alkyl carbamates (subject to hydrolysis) is 1. The van der Waals surface area contributed by atoms with Crippen LogP contribution in [0.5, 0.6) is 0 Å². The number of nitrogens with zero attached hydrogens (tertiary/aromatic N) is 1. The van der Waals surface area contributed by atoms with Gasteiger partial charge in [0.05, 0.1) is 12.2 Å². The molecule has 1 aromatic heterocycles. The van der Waals surface area contributed by atoms with E-state index in [1.54, 1.807) is 6.92 Å². The maximum Gasteiger partial charge on any atom is 0.407 e. The molecule has 0 unspecified atom stereocenters. The third kappa shape index (κ3) is 3.84. The molecule has 0 saturated carbocycles. The highest BCUT2D eigenvalue weighted by Crippen LogP contribution is 2.08. The van der Waals surface area contributed by atoms with Gasteiger partial charge in [0.15, 0.2) is 5.89 Å². The van der Waals surface area contributed by atoms with Crippen LogP contribution in [0.15, 0.2) is 34.7 Å². The van der Waals surface area contributed by atoms with Crippen molar-refractivity contribution < 1.29 is 13.9 Å². The minimum atomic E-state index is -0.475. The molecule has 1 aromatic carbocycles. The van der Waals surface area contributed by atoms with E-state index in [2.05, 4.69) is 10.3 Å². The van der Waals surface area contributed by atoms with Crippen molar-refractivity contribution in [2.45, 2.75) is 27.0 Å². The van der Waals surface area contributed by atoms with Crippen molar-refractivity contribution in [3.8, 4) is 0 Å². The maximum absolute atomic E-state index is 11.5. The zero-order valence-corrected chi connectivity index (χ0v) is 11.0. The maximum atomic E-state index is 11.5. The Morgan fingerprint density at radius 3 is 2.68 bits per heavy atom. The molecular weight excluding hydrogens is 244 g/mol. The van der Waals surface area contributed by atoms with Gasteiger partial charge in [0, 0.05) is 6.92 Å². The second-order valence-corrected chi connectivity index (χ2v) is 4.16. The molecular formula is C14H16N2O3. The van der Waals surface area contributed by atoms with E-state index in [0.29, 0.717) is 11.7 Å². The van der Waals surface area contributed by atoms with E-state index in [4.69, 9.17) is 9.15 Å². The average Bonchev–Trinajstić information content (AvgIpc) is 2.73. The van der Waals surface area contributed by atoms with Crippen molar-refractivity contribution in [3.63, 3.8) is 0 Å². The summed E-state index contributed by atoms with van der Waals surface area (Å²) in [4.78, 5) is 15.6. The predicted molar refractivity (Wildman–Crippen MR) is 69.4 cm³/mol. The number of ether oxygens (including phenoxy) is 1. The number of carbonyl (C=O) groups is 1. The average molecular weight is 260 g/mol. The third-order valence-corrected chi connectivity index (χ3v) is 2.61. The monoisotopic (exact) mass is 260 g/mol. The van der Waals surface area contributed by atoms with Gasteiger partial charge in [-0.05, 0) is 12.5 Å². The lowest BCUT2D eigenvalue weighted by atomic mass is 10.2. The second kappa shape index (κ2) is 6.04. The minimum absolute atomic E-state index is 0.251. The summed E-state index contributed by atoms with van der Waals surface area (Å²) in [6.07, 6.45) is -0.475. The van der Waals surface area contributed by atoms with Crippen LogP contribution in [0, 0.1) is 13.8 Å². The number of benzene rings is 1. The molecule has 0 radical (unpaired) electrons. The number of rotatable bonds is 4. The summed E-state index contributed by atoms with van der Waals surface area (Å²) in [5.74, 6) is 1.24. The Kier molecular flexibility index (Phi) is 4.18. The van der Waals surface area contributed by atoms with Crippen molar-refractivity contribution >= 4 is 6.09 Å². The second-order valence-electron chi connectivity index (χ2n) is 4.16. The Balaban J connectivity index is 1.77. The largest absolute Gasteiger partial charge is 0.445 e. The highest BCUT2D eigenvalue weighted by Gasteiger charge is 2.09. The molecule has 5 heteroatoms. The lowest BCUT2D eigenvalue weighted by Gasteiger charge is -2.06. The fraction of sp³-hybridized carbons (Fsp3) is 0.286. The number of hydrogen-bond donors (Lipinski definition) is 1. The van der Waals surface area contributed by atoms with Gasteiger partial charge in [0.2, 0.25) is 0 Å². The van der Waals surface area contributed by atoms with Gasteiger partial charge in [-0.15, -0.1) is 0 Å². The van der Waals surface area contributed by atoms with E-state index >= 15 is 0 Å². The number of hydrogen-bond acceptors (Lipinski definition) is 4. The van der Waals surface area contributed by atoms with Crippen LogP contribution in [0.2, 0.25) is 0 Å². The van der Waals surface area contributed by atoms with Crippen LogP contribution < -0.4 is 5.32 Å². The van der Waals surface area contributed by atoms with E-state index in [0.717, 1.165) is 11.3 Å². The number of carbonyl (C=O) groups excluding carboxylic acids is 1. The summed E-state index contributed by atoms with van der Waals surface area (Å²) in [6, 6.07) is 9.52. The van der Waals surface area contributed by atoms with E-state index < -0.39 is 6.09 Å². The minimum Gasteiger partial charge on any atom is -0.445 e. The lowest BCUT2D eigenvalue weighted by Crippen LogP contribution is -2.23. The molecule has 0 spiro atoms. The van der Waals surface area contributed by atoms with Gasteiger partial charge in [-0.25, -0.2) is 9.78 Å².